The molecule has 4 aromatic rings. The Morgan fingerprint density at radius 3 is 2.62 bits per heavy atom. The predicted octanol–water partition coefficient (Wildman–Crippen LogP) is 3.36. The number of hydrogen-bond acceptors (Lipinski definition) is 4. The molecular formula is C27H26N4O3. The second-order valence-electron chi connectivity index (χ2n) is 8.99. The number of rotatable bonds is 7. The maximum atomic E-state index is 12.6. The highest BCUT2D eigenvalue weighted by molar-refractivity contribution is 5.83. The van der Waals surface area contributed by atoms with Crippen LogP contribution in [0.15, 0.2) is 71.5 Å². The van der Waals surface area contributed by atoms with Crippen molar-refractivity contribution >= 4 is 33.5 Å². The number of aromatic nitrogens is 2. The Morgan fingerprint density at radius 2 is 1.79 bits per heavy atom. The van der Waals surface area contributed by atoms with Gasteiger partial charge in [-0.15, -0.1) is 0 Å². The van der Waals surface area contributed by atoms with E-state index in [1.165, 1.54) is 5.39 Å². The normalized spacial score (nSPS) is 17.7. The van der Waals surface area contributed by atoms with Crippen molar-refractivity contribution in [2.24, 2.45) is 0 Å². The van der Waals surface area contributed by atoms with Gasteiger partial charge in [0.25, 0.3) is 5.56 Å². The second kappa shape index (κ2) is 9.09. The molecule has 1 saturated heterocycles. The van der Waals surface area contributed by atoms with Gasteiger partial charge in [-0.1, -0.05) is 54.6 Å². The Labute approximate surface area is 196 Å². The third-order valence-electron chi connectivity index (χ3n) is 6.54. The topological polar surface area (TPSA) is 104 Å². The standard InChI is InChI=1S/C27H26N4O3/c32-24(28-17-23-29-22-8-4-3-7-21(22)26(34)30-23)11-13-27(14-12-25(33)31-27)16-18-9-10-19-5-1-2-6-20(19)15-18/h1-10,15H,11-14,16-17H2,(H,28,32)(H,31,33)(H,29,30,34). The number of carbonyl (C=O) groups is 2. The third kappa shape index (κ3) is 4.69. The summed E-state index contributed by atoms with van der Waals surface area (Å²) in [6.07, 6.45) is 2.66. The van der Waals surface area contributed by atoms with Crippen molar-refractivity contribution in [3.05, 3.63) is 88.5 Å². The number of benzene rings is 3. The highest BCUT2D eigenvalue weighted by Gasteiger charge is 2.37. The van der Waals surface area contributed by atoms with E-state index in [0.717, 1.165) is 10.9 Å². The molecule has 1 atom stereocenters. The average molecular weight is 455 g/mol. The molecule has 1 fully saturated rings. The van der Waals surface area contributed by atoms with Crippen LogP contribution in [0.2, 0.25) is 0 Å². The van der Waals surface area contributed by atoms with E-state index in [2.05, 4.69) is 50.9 Å². The molecule has 2 amide bonds. The summed E-state index contributed by atoms with van der Waals surface area (Å²) < 4.78 is 0. The molecule has 1 aliphatic rings. The SMILES string of the molecule is O=C(CCC1(Cc2ccc3ccccc3c2)CCC(=O)N1)NCc1nc2ccccc2c(=O)[nH]1. The fourth-order valence-electron chi connectivity index (χ4n) is 4.76. The Balaban J connectivity index is 1.24. The molecule has 5 rings (SSSR count). The summed E-state index contributed by atoms with van der Waals surface area (Å²) in [6.45, 7) is 0.142. The first-order valence-corrected chi connectivity index (χ1v) is 11.5. The van der Waals surface area contributed by atoms with Crippen molar-refractivity contribution in [2.45, 2.75) is 44.2 Å². The number of nitrogens with one attached hydrogen (secondary N) is 3. The predicted molar refractivity (Wildman–Crippen MR) is 131 cm³/mol. The van der Waals surface area contributed by atoms with Crippen LogP contribution in [0.4, 0.5) is 0 Å². The number of fused-ring (bicyclic) bond motifs is 2. The molecule has 7 nitrogen and oxygen atoms in total. The molecule has 172 valence electrons. The summed E-state index contributed by atoms with van der Waals surface area (Å²) in [6, 6.07) is 21.6. The van der Waals surface area contributed by atoms with E-state index in [9.17, 15) is 14.4 Å². The van der Waals surface area contributed by atoms with Crippen molar-refractivity contribution < 1.29 is 9.59 Å². The van der Waals surface area contributed by atoms with E-state index in [0.29, 0.717) is 42.4 Å². The smallest absolute Gasteiger partial charge is 0.258 e. The minimum absolute atomic E-state index is 0.0270. The van der Waals surface area contributed by atoms with Crippen LogP contribution >= 0.6 is 0 Å². The maximum Gasteiger partial charge on any atom is 0.258 e. The van der Waals surface area contributed by atoms with Gasteiger partial charge >= 0.3 is 0 Å². The number of para-hydroxylation sites is 1. The van der Waals surface area contributed by atoms with Gasteiger partial charge in [0.05, 0.1) is 17.4 Å². The van der Waals surface area contributed by atoms with Gasteiger partial charge in [0.1, 0.15) is 5.82 Å². The maximum absolute atomic E-state index is 12.6. The van der Waals surface area contributed by atoms with Crippen molar-refractivity contribution in [3.8, 4) is 0 Å². The molecule has 34 heavy (non-hydrogen) atoms. The molecule has 0 saturated carbocycles. The van der Waals surface area contributed by atoms with Gasteiger partial charge in [-0.25, -0.2) is 4.98 Å². The molecule has 3 N–H and O–H groups in total. The minimum Gasteiger partial charge on any atom is -0.350 e. The molecule has 0 aliphatic carbocycles. The second-order valence-corrected chi connectivity index (χ2v) is 8.99. The van der Waals surface area contributed by atoms with Crippen LogP contribution in [-0.4, -0.2) is 27.3 Å². The number of nitrogens with zero attached hydrogens (tertiary/aromatic N) is 1. The van der Waals surface area contributed by atoms with Gasteiger partial charge in [-0.3, -0.25) is 14.4 Å². The Bertz CT molecular complexity index is 1440. The van der Waals surface area contributed by atoms with Crippen LogP contribution in [-0.2, 0) is 22.6 Å². The molecule has 7 heteroatoms. The lowest BCUT2D eigenvalue weighted by atomic mass is 9.84. The highest BCUT2D eigenvalue weighted by atomic mass is 16.2. The monoisotopic (exact) mass is 454 g/mol. The first-order chi connectivity index (χ1) is 16.5. The Hall–Kier alpha value is -4.00. The molecule has 0 spiro atoms. The average Bonchev–Trinajstić information content (AvgIpc) is 3.21. The molecule has 1 unspecified atom stereocenters. The van der Waals surface area contributed by atoms with Crippen molar-refractivity contribution in [1.29, 1.82) is 0 Å². The van der Waals surface area contributed by atoms with Gasteiger partial charge in [0.15, 0.2) is 0 Å². The van der Waals surface area contributed by atoms with E-state index in [1.807, 2.05) is 18.2 Å². The van der Waals surface area contributed by atoms with E-state index in [4.69, 9.17) is 0 Å². The zero-order valence-electron chi connectivity index (χ0n) is 18.8. The van der Waals surface area contributed by atoms with E-state index < -0.39 is 5.54 Å². The Morgan fingerprint density at radius 1 is 1.00 bits per heavy atom. The van der Waals surface area contributed by atoms with Crippen molar-refractivity contribution in [2.75, 3.05) is 0 Å². The molecule has 0 radical (unpaired) electrons. The summed E-state index contributed by atoms with van der Waals surface area (Å²) in [7, 11) is 0. The fourth-order valence-corrected chi connectivity index (χ4v) is 4.76. The molecule has 2 heterocycles. The van der Waals surface area contributed by atoms with Gasteiger partial charge in [0, 0.05) is 18.4 Å². The minimum atomic E-state index is -0.438. The van der Waals surface area contributed by atoms with E-state index >= 15 is 0 Å². The summed E-state index contributed by atoms with van der Waals surface area (Å²) in [4.78, 5) is 44.1. The number of amides is 2. The summed E-state index contributed by atoms with van der Waals surface area (Å²) >= 11 is 0. The molecule has 3 aromatic carbocycles. The Kier molecular flexibility index (Phi) is 5.84. The largest absolute Gasteiger partial charge is 0.350 e. The van der Waals surface area contributed by atoms with Crippen LogP contribution in [0.25, 0.3) is 21.7 Å². The van der Waals surface area contributed by atoms with Gasteiger partial charge in [-0.05, 0) is 47.7 Å². The van der Waals surface area contributed by atoms with Crippen molar-refractivity contribution in [3.63, 3.8) is 0 Å². The van der Waals surface area contributed by atoms with Gasteiger partial charge < -0.3 is 15.6 Å². The summed E-state index contributed by atoms with van der Waals surface area (Å²) in [5, 5.41) is 8.85. The summed E-state index contributed by atoms with van der Waals surface area (Å²) in [5.41, 5.74) is 1.07. The number of carbonyl (C=O) groups excluding carboxylic acids is 2. The van der Waals surface area contributed by atoms with Crippen LogP contribution in [0.1, 0.15) is 37.1 Å². The lowest BCUT2D eigenvalue weighted by Gasteiger charge is -2.29. The van der Waals surface area contributed by atoms with E-state index in [1.54, 1.807) is 18.2 Å². The molecule has 1 aromatic heterocycles. The number of aromatic amines is 1. The van der Waals surface area contributed by atoms with Crippen LogP contribution in [0.3, 0.4) is 0 Å². The van der Waals surface area contributed by atoms with Crippen molar-refractivity contribution in [1.82, 2.24) is 20.6 Å². The van der Waals surface area contributed by atoms with E-state index in [-0.39, 0.29) is 30.3 Å². The quantitative estimate of drug-likeness (QED) is 0.398. The highest BCUT2D eigenvalue weighted by Crippen LogP contribution is 2.30. The lowest BCUT2D eigenvalue weighted by Crippen LogP contribution is -2.44. The molecule has 0 bridgehead atoms. The fraction of sp³-hybridized carbons (Fsp3) is 0.259. The first-order valence-electron chi connectivity index (χ1n) is 11.5. The molecule has 1 aliphatic heterocycles. The van der Waals surface area contributed by atoms with Gasteiger partial charge in [-0.2, -0.15) is 0 Å². The third-order valence-corrected chi connectivity index (χ3v) is 6.54. The number of hydrogen-bond donors (Lipinski definition) is 3. The van der Waals surface area contributed by atoms with Crippen LogP contribution < -0.4 is 16.2 Å². The number of H-pyrrole nitrogens is 1. The zero-order valence-corrected chi connectivity index (χ0v) is 18.8. The van der Waals surface area contributed by atoms with Crippen LogP contribution in [0.5, 0.6) is 0 Å². The van der Waals surface area contributed by atoms with Gasteiger partial charge in [0.2, 0.25) is 11.8 Å². The zero-order chi connectivity index (χ0) is 23.5. The molecular weight excluding hydrogens is 428 g/mol. The first kappa shape index (κ1) is 21.8. The lowest BCUT2D eigenvalue weighted by molar-refractivity contribution is -0.123. The van der Waals surface area contributed by atoms with Crippen LogP contribution in [0, 0.1) is 0 Å². The summed E-state index contributed by atoms with van der Waals surface area (Å²) in [5.74, 6) is 0.297.